The molecule has 17 heavy (non-hydrogen) atoms. The van der Waals surface area contributed by atoms with Gasteiger partial charge in [0, 0.05) is 17.2 Å². The van der Waals surface area contributed by atoms with Gasteiger partial charge in [0.1, 0.15) is 0 Å². The number of aliphatic hydroxyl groups is 1. The Hall–Kier alpha value is -0.410. The number of aromatic nitrogens is 1. The van der Waals surface area contributed by atoms with E-state index in [9.17, 15) is 5.11 Å². The molecule has 2 unspecified atom stereocenters. The summed E-state index contributed by atoms with van der Waals surface area (Å²) in [6, 6.07) is 0. The molecule has 1 aliphatic rings. The van der Waals surface area contributed by atoms with E-state index < -0.39 is 5.60 Å². The molecule has 1 heterocycles. The topological polar surface area (TPSA) is 33.1 Å². The van der Waals surface area contributed by atoms with Crippen molar-refractivity contribution in [1.82, 2.24) is 4.98 Å². The van der Waals surface area contributed by atoms with Crippen LogP contribution in [-0.4, -0.2) is 15.7 Å². The number of thiazole rings is 1. The number of rotatable bonds is 2. The maximum absolute atomic E-state index is 10.6. The van der Waals surface area contributed by atoms with E-state index >= 15 is 0 Å². The summed E-state index contributed by atoms with van der Waals surface area (Å²) in [5.74, 6) is 0.407. The first-order valence-corrected chi connectivity index (χ1v) is 7.36. The van der Waals surface area contributed by atoms with Crippen LogP contribution in [0.5, 0.6) is 0 Å². The molecule has 1 aliphatic carbocycles. The molecule has 0 bridgehead atoms. The molecule has 0 aromatic carbocycles. The Morgan fingerprint density at radius 2 is 2.24 bits per heavy atom. The van der Waals surface area contributed by atoms with Gasteiger partial charge in [-0.25, -0.2) is 4.98 Å². The smallest absolute Gasteiger partial charge is 0.0957 e. The molecule has 1 aromatic rings. The average Bonchev–Trinajstić information content (AvgIpc) is 2.75. The summed E-state index contributed by atoms with van der Waals surface area (Å²) in [7, 11) is 0. The Labute approximate surface area is 108 Å². The lowest BCUT2D eigenvalue weighted by molar-refractivity contribution is 0.00951. The minimum atomic E-state index is -0.507. The van der Waals surface area contributed by atoms with Gasteiger partial charge in [0.25, 0.3) is 0 Å². The van der Waals surface area contributed by atoms with Gasteiger partial charge in [0.05, 0.1) is 16.3 Å². The van der Waals surface area contributed by atoms with E-state index in [2.05, 4.69) is 38.1 Å². The lowest BCUT2D eigenvalue weighted by Gasteiger charge is -2.26. The second-order valence-corrected chi connectivity index (χ2v) is 7.39. The second kappa shape index (κ2) is 4.36. The molecule has 96 valence electrons. The predicted molar refractivity (Wildman–Crippen MR) is 72.5 cm³/mol. The maximum atomic E-state index is 10.6. The Kier molecular flexibility index (Phi) is 3.34. The van der Waals surface area contributed by atoms with Crippen LogP contribution in [0.1, 0.15) is 57.7 Å². The molecule has 3 heteroatoms. The maximum Gasteiger partial charge on any atom is 0.0957 e. The molecule has 0 saturated heterocycles. The number of nitrogens with zero attached hydrogens (tertiary/aromatic N) is 1. The Bertz CT molecular complexity index is 393. The summed E-state index contributed by atoms with van der Waals surface area (Å²) in [6.45, 7) is 8.70. The highest BCUT2D eigenvalue weighted by Crippen LogP contribution is 2.38. The second-order valence-electron chi connectivity index (χ2n) is 6.45. The Balaban J connectivity index is 2.12. The number of hydrogen-bond acceptors (Lipinski definition) is 3. The third-order valence-electron chi connectivity index (χ3n) is 3.94. The van der Waals surface area contributed by atoms with Crippen molar-refractivity contribution >= 4 is 11.3 Å². The molecular weight excluding hydrogens is 230 g/mol. The van der Waals surface area contributed by atoms with E-state index in [1.165, 1.54) is 0 Å². The Morgan fingerprint density at radius 1 is 1.53 bits per heavy atom. The van der Waals surface area contributed by atoms with Gasteiger partial charge in [-0.15, -0.1) is 11.3 Å². The molecule has 1 aromatic heterocycles. The molecule has 2 atom stereocenters. The van der Waals surface area contributed by atoms with Crippen LogP contribution in [0.4, 0.5) is 0 Å². The first-order chi connectivity index (χ1) is 7.81. The van der Waals surface area contributed by atoms with Gasteiger partial charge in [0.2, 0.25) is 0 Å². The summed E-state index contributed by atoms with van der Waals surface area (Å²) in [6.07, 6.45) is 3.96. The lowest BCUT2D eigenvalue weighted by Crippen LogP contribution is -2.34. The quantitative estimate of drug-likeness (QED) is 0.874. The molecular formula is C14H23NOS. The molecule has 0 aliphatic heterocycles. The predicted octanol–water partition coefficient (Wildman–Crippen LogP) is 3.53. The van der Waals surface area contributed by atoms with Gasteiger partial charge < -0.3 is 5.11 Å². The normalized spacial score (nSPS) is 29.8. The van der Waals surface area contributed by atoms with Gasteiger partial charge in [-0.2, -0.15) is 0 Å². The fourth-order valence-electron chi connectivity index (χ4n) is 2.49. The van der Waals surface area contributed by atoms with Crippen LogP contribution >= 0.6 is 11.3 Å². The minimum absolute atomic E-state index is 0.110. The summed E-state index contributed by atoms with van der Waals surface area (Å²) in [5, 5.41) is 13.8. The molecule has 1 fully saturated rings. The zero-order chi connectivity index (χ0) is 12.7. The highest BCUT2D eigenvalue weighted by atomic mass is 32.1. The summed E-state index contributed by atoms with van der Waals surface area (Å²) in [5.41, 5.74) is 0.748. The van der Waals surface area contributed by atoms with Crippen LogP contribution in [0.15, 0.2) is 5.38 Å². The van der Waals surface area contributed by atoms with Gasteiger partial charge in [-0.05, 0) is 18.8 Å². The van der Waals surface area contributed by atoms with Crippen molar-refractivity contribution in [2.45, 2.75) is 64.4 Å². The molecule has 0 spiro atoms. The third kappa shape index (κ3) is 2.71. The fraction of sp³-hybridized carbons (Fsp3) is 0.786. The van der Waals surface area contributed by atoms with Crippen molar-refractivity contribution in [2.24, 2.45) is 5.92 Å². The molecule has 1 saturated carbocycles. The molecule has 1 N–H and O–H groups in total. The van der Waals surface area contributed by atoms with Gasteiger partial charge in [-0.1, -0.05) is 34.1 Å². The SMILES string of the molecule is CC1CCCC1(O)Cc1nc(C(C)(C)C)cs1. The van der Waals surface area contributed by atoms with Crippen LogP contribution in [-0.2, 0) is 11.8 Å². The van der Waals surface area contributed by atoms with Gasteiger partial charge >= 0.3 is 0 Å². The summed E-state index contributed by atoms with van der Waals surface area (Å²) >= 11 is 1.69. The highest BCUT2D eigenvalue weighted by Gasteiger charge is 2.39. The van der Waals surface area contributed by atoms with E-state index in [1.54, 1.807) is 11.3 Å². The van der Waals surface area contributed by atoms with Gasteiger partial charge in [0.15, 0.2) is 0 Å². The standard InChI is InChI=1S/C14H23NOS/c1-10-6-5-7-14(10,16)8-12-15-11(9-17-12)13(2,3)4/h9-10,16H,5-8H2,1-4H3. The van der Waals surface area contributed by atoms with E-state index in [0.717, 1.165) is 36.4 Å². The van der Waals surface area contributed by atoms with Gasteiger partial charge in [-0.3, -0.25) is 0 Å². The number of hydrogen-bond donors (Lipinski definition) is 1. The van der Waals surface area contributed by atoms with Crippen molar-refractivity contribution in [3.8, 4) is 0 Å². The third-order valence-corrected chi connectivity index (χ3v) is 4.79. The van der Waals surface area contributed by atoms with Crippen molar-refractivity contribution < 1.29 is 5.11 Å². The summed E-state index contributed by atoms with van der Waals surface area (Å²) in [4.78, 5) is 4.68. The van der Waals surface area contributed by atoms with Crippen LogP contribution in [0.25, 0.3) is 0 Å². The zero-order valence-corrected chi connectivity index (χ0v) is 12.1. The molecule has 0 radical (unpaired) electrons. The van der Waals surface area contributed by atoms with Crippen molar-refractivity contribution in [3.63, 3.8) is 0 Å². The lowest BCUT2D eigenvalue weighted by atomic mass is 9.89. The molecule has 0 amide bonds. The molecule has 2 nitrogen and oxygen atoms in total. The Morgan fingerprint density at radius 3 is 2.71 bits per heavy atom. The first-order valence-electron chi connectivity index (χ1n) is 6.48. The highest BCUT2D eigenvalue weighted by molar-refractivity contribution is 7.09. The monoisotopic (exact) mass is 253 g/mol. The van der Waals surface area contributed by atoms with E-state index in [0.29, 0.717) is 5.92 Å². The summed E-state index contributed by atoms with van der Waals surface area (Å²) < 4.78 is 0. The van der Waals surface area contributed by atoms with Crippen LogP contribution in [0.3, 0.4) is 0 Å². The van der Waals surface area contributed by atoms with E-state index in [-0.39, 0.29) is 5.41 Å². The zero-order valence-electron chi connectivity index (χ0n) is 11.3. The minimum Gasteiger partial charge on any atom is -0.389 e. The fourth-order valence-corrected chi connectivity index (χ4v) is 3.63. The largest absolute Gasteiger partial charge is 0.389 e. The van der Waals surface area contributed by atoms with E-state index in [4.69, 9.17) is 0 Å². The van der Waals surface area contributed by atoms with Crippen LogP contribution in [0.2, 0.25) is 0 Å². The first kappa shape index (κ1) is 13.0. The average molecular weight is 253 g/mol. The van der Waals surface area contributed by atoms with Crippen molar-refractivity contribution in [2.75, 3.05) is 0 Å². The van der Waals surface area contributed by atoms with Crippen molar-refractivity contribution in [3.05, 3.63) is 16.1 Å². The van der Waals surface area contributed by atoms with Crippen molar-refractivity contribution in [1.29, 1.82) is 0 Å². The van der Waals surface area contributed by atoms with Crippen LogP contribution < -0.4 is 0 Å². The van der Waals surface area contributed by atoms with Crippen LogP contribution in [0, 0.1) is 5.92 Å². The van der Waals surface area contributed by atoms with E-state index in [1.807, 2.05) is 0 Å². The molecule has 2 rings (SSSR count).